The van der Waals surface area contributed by atoms with E-state index in [0.29, 0.717) is 5.69 Å². The number of carbonyl (C=O) groups is 1. The van der Waals surface area contributed by atoms with Gasteiger partial charge in [0.05, 0.1) is 4.47 Å². The van der Waals surface area contributed by atoms with E-state index in [9.17, 15) is 4.79 Å². The Morgan fingerprint density at radius 1 is 1.17 bits per heavy atom. The van der Waals surface area contributed by atoms with Crippen molar-refractivity contribution in [3.05, 3.63) is 52.3 Å². The van der Waals surface area contributed by atoms with Crippen LogP contribution in [0.5, 0.6) is 0 Å². The van der Waals surface area contributed by atoms with Crippen molar-refractivity contribution < 1.29 is 4.79 Å². The largest absolute Gasteiger partial charge is 0.335 e. The van der Waals surface area contributed by atoms with Crippen LogP contribution < -0.4 is 0 Å². The number of carbonyl (C=O) groups excluding carboxylic acids is 1. The highest BCUT2D eigenvalue weighted by molar-refractivity contribution is 9.10. The standard InChI is InChI=1S/C17H21BrN4O/c1-2-22-13-15(18)16(19-22)17(23)21-10-8-20(9-11-21)12-14-6-4-3-5-7-14/h3-7,13H,2,8-12H2,1H3. The number of piperazine rings is 1. The van der Waals surface area contributed by atoms with Gasteiger partial charge in [0.1, 0.15) is 0 Å². The van der Waals surface area contributed by atoms with Gasteiger partial charge < -0.3 is 4.90 Å². The van der Waals surface area contributed by atoms with Gasteiger partial charge in [-0.05, 0) is 28.4 Å². The Morgan fingerprint density at radius 3 is 2.48 bits per heavy atom. The molecule has 0 unspecified atom stereocenters. The van der Waals surface area contributed by atoms with Crippen molar-refractivity contribution in [2.24, 2.45) is 0 Å². The molecule has 122 valence electrons. The molecular weight excluding hydrogens is 356 g/mol. The Kier molecular flexibility index (Phi) is 5.13. The van der Waals surface area contributed by atoms with E-state index in [1.165, 1.54) is 5.56 Å². The summed E-state index contributed by atoms with van der Waals surface area (Å²) in [6, 6.07) is 10.5. The van der Waals surface area contributed by atoms with E-state index in [-0.39, 0.29) is 5.91 Å². The number of hydrogen-bond donors (Lipinski definition) is 0. The van der Waals surface area contributed by atoms with Crippen LogP contribution in [0.25, 0.3) is 0 Å². The molecule has 1 fully saturated rings. The average molecular weight is 377 g/mol. The lowest BCUT2D eigenvalue weighted by molar-refractivity contribution is 0.0621. The molecule has 6 heteroatoms. The number of nitrogens with zero attached hydrogens (tertiary/aromatic N) is 4. The third-order valence-electron chi connectivity index (χ3n) is 4.15. The number of benzene rings is 1. The lowest BCUT2D eigenvalue weighted by Gasteiger charge is -2.34. The first-order valence-corrected chi connectivity index (χ1v) is 8.75. The first-order valence-electron chi connectivity index (χ1n) is 7.96. The van der Waals surface area contributed by atoms with E-state index < -0.39 is 0 Å². The predicted octanol–water partition coefficient (Wildman–Crippen LogP) is 2.62. The number of aryl methyl sites for hydroxylation is 1. The molecule has 0 radical (unpaired) electrons. The van der Waals surface area contributed by atoms with E-state index >= 15 is 0 Å². The van der Waals surface area contributed by atoms with E-state index in [1.807, 2.05) is 24.1 Å². The third kappa shape index (κ3) is 3.82. The van der Waals surface area contributed by atoms with Crippen molar-refractivity contribution in [2.75, 3.05) is 26.2 Å². The highest BCUT2D eigenvalue weighted by atomic mass is 79.9. The Balaban J connectivity index is 1.58. The molecule has 5 nitrogen and oxygen atoms in total. The molecule has 1 aliphatic rings. The molecule has 1 amide bonds. The van der Waals surface area contributed by atoms with Gasteiger partial charge in [-0.25, -0.2) is 0 Å². The molecule has 0 N–H and O–H groups in total. The Hall–Kier alpha value is -1.66. The minimum absolute atomic E-state index is 0.0171. The van der Waals surface area contributed by atoms with Crippen LogP contribution >= 0.6 is 15.9 Å². The lowest BCUT2D eigenvalue weighted by Crippen LogP contribution is -2.48. The maximum atomic E-state index is 12.6. The van der Waals surface area contributed by atoms with Crippen molar-refractivity contribution in [3.63, 3.8) is 0 Å². The molecule has 3 rings (SSSR count). The number of halogens is 1. The number of amides is 1. The fourth-order valence-electron chi connectivity index (χ4n) is 2.80. The average Bonchev–Trinajstić information content (AvgIpc) is 2.97. The molecule has 1 saturated heterocycles. The van der Waals surface area contributed by atoms with Crippen LogP contribution in [-0.4, -0.2) is 51.7 Å². The zero-order chi connectivity index (χ0) is 16.2. The fraction of sp³-hybridized carbons (Fsp3) is 0.412. The molecule has 0 spiro atoms. The summed E-state index contributed by atoms with van der Waals surface area (Å²) in [5.41, 5.74) is 1.83. The zero-order valence-corrected chi connectivity index (χ0v) is 14.9. The summed E-state index contributed by atoms with van der Waals surface area (Å²) in [6.45, 7) is 7.00. The molecule has 0 atom stereocenters. The van der Waals surface area contributed by atoms with Crippen LogP contribution in [0.2, 0.25) is 0 Å². The first-order chi connectivity index (χ1) is 11.2. The SMILES string of the molecule is CCn1cc(Br)c(C(=O)N2CCN(Cc3ccccc3)CC2)n1. The van der Waals surface area contributed by atoms with Crippen molar-refractivity contribution >= 4 is 21.8 Å². The Morgan fingerprint density at radius 2 is 1.87 bits per heavy atom. The Bertz CT molecular complexity index is 662. The summed E-state index contributed by atoms with van der Waals surface area (Å²) < 4.78 is 2.55. The molecule has 23 heavy (non-hydrogen) atoms. The topological polar surface area (TPSA) is 41.4 Å². The second-order valence-corrected chi connectivity index (χ2v) is 6.59. The summed E-state index contributed by atoms with van der Waals surface area (Å²) >= 11 is 3.44. The number of rotatable bonds is 4. The van der Waals surface area contributed by atoms with Crippen LogP contribution in [0.4, 0.5) is 0 Å². The van der Waals surface area contributed by atoms with Crippen molar-refractivity contribution in [3.8, 4) is 0 Å². The van der Waals surface area contributed by atoms with Crippen LogP contribution in [0.15, 0.2) is 41.0 Å². The maximum Gasteiger partial charge on any atom is 0.275 e. The minimum atomic E-state index is 0.0171. The van der Waals surface area contributed by atoms with Crippen LogP contribution in [0.1, 0.15) is 23.0 Å². The molecule has 1 aromatic heterocycles. The fourth-order valence-corrected chi connectivity index (χ4v) is 3.29. The smallest absolute Gasteiger partial charge is 0.275 e. The van der Waals surface area contributed by atoms with Crippen LogP contribution in [-0.2, 0) is 13.1 Å². The van der Waals surface area contributed by atoms with Gasteiger partial charge in [-0.2, -0.15) is 5.10 Å². The summed E-state index contributed by atoms with van der Waals surface area (Å²) in [4.78, 5) is 16.9. The van der Waals surface area contributed by atoms with E-state index in [2.05, 4.69) is 50.2 Å². The number of hydrogen-bond acceptors (Lipinski definition) is 3. The van der Waals surface area contributed by atoms with Gasteiger partial charge in [0, 0.05) is 45.5 Å². The first kappa shape index (κ1) is 16.2. The highest BCUT2D eigenvalue weighted by Crippen LogP contribution is 2.18. The van der Waals surface area contributed by atoms with Crippen molar-refractivity contribution in [1.82, 2.24) is 19.6 Å². The van der Waals surface area contributed by atoms with Crippen molar-refractivity contribution in [2.45, 2.75) is 20.0 Å². The van der Waals surface area contributed by atoms with Crippen LogP contribution in [0.3, 0.4) is 0 Å². The van der Waals surface area contributed by atoms with Crippen LogP contribution in [0, 0.1) is 0 Å². The molecular formula is C17H21BrN4O. The Labute approximate surface area is 145 Å². The second-order valence-electron chi connectivity index (χ2n) is 5.74. The summed E-state index contributed by atoms with van der Waals surface area (Å²) in [5, 5.41) is 4.36. The maximum absolute atomic E-state index is 12.6. The lowest BCUT2D eigenvalue weighted by atomic mass is 10.2. The number of aromatic nitrogens is 2. The van der Waals surface area contributed by atoms with Gasteiger partial charge in [-0.15, -0.1) is 0 Å². The molecule has 0 saturated carbocycles. The highest BCUT2D eigenvalue weighted by Gasteiger charge is 2.25. The summed E-state index contributed by atoms with van der Waals surface area (Å²) in [6.07, 6.45) is 1.86. The van der Waals surface area contributed by atoms with E-state index in [4.69, 9.17) is 0 Å². The third-order valence-corrected chi connectivity index (χ3v) is 4.73. The van der Waals surface area contributed by atoms with Gasteiger partial charge >= 0.3 is 0 Å². The molecule has 0 bridgehead atoms. The van der Waals surface area contributed by atoms with E-state index in [0.717, 1.165) is 43.7 Å². The minimum Gasteiger partial charge on any atom is -0.335 e. The van der Waals surface area contributed by atoms with Crippen molar-refractivity contribution in [1.29, 1.82) is 0 Å². The van der Waals surface area contributed by atoms with E-state index in [1.54, 1.807) is 4.68 Å². The zero-order valence-electron chi connectivity index (χ0n) is 13.3. The van der Waals surface area contributed by atoms with Gasteiger partial charge in [0.15, 0.2) is 5.69 Å². The van der Waals surface area contributed by atoms with Gasteiger partial charge in [-0.1, -0.05) is 30.3 Å². The predicted molar refractivity (Wildman–Crippen MR) is 93.2 cm³/mol. The summed E-state index contributed by atoms with van der Waals surface area (Å²) in [7, 11) is 0. The van der Waals surface area contributed by atoms with Gasteiger partial charge in [-0.3, -0.25) is 14.4 Å². The van der Waals surface area contributed by atoms with Gasteiger partial charge in [0.25, 0.3) is 5.91 Å². The normalized spacial score (nSPS) is 15.8. The quantitative estimate of drug-likeness (QED) is 0.823. The molecule has 1 aliphatic heterocycles. The second kappa shape index (κ2) is 7.27. The molecule has 1 aromatic carbocycles. The molecule has 2 aromatic rings. The van der Waals surface area contributed by atoms with Gasteiger partial charge in [0.2, 0.25) is 0 Å². The molecule has 2 heterocycles. The molecule has 0 aliphatic carbocycles. The monoisotopic (exact) mass is 376 g/mol. The summed E-state index contributed by atoms with van der Waals surface area (Å²) in [5.74, 6) is 0.0171.